The van der Waals surface area contributed by atoms with Crippen molar-refractivity contribution < 1.29 is 28.2 Å². The average Bonchev–Trinajstić information content (AvgIpc) is 2.62. The highest BCUT2D eigenvalue weighted by atomic mass is 32.3. The van der Waals surface area contributed by atoms with Crippen LogP contribution in [0.15, 0.2) is 11.3 Å². The van der Waals surface area contributed by atoms with Crippen molar-refractivity contribution in [1.82, 2.24) is 4.90 Å². The maximum absolute atomic E-state index is 11.9. The maximum Gasteiger partial charge on any atom is 0.352 e. The summed E-state index contributed by atoms with van der Waals surface area (Å²) in [7, 11) is -3.54. The molecule has 118 valence electrons. The Bertz CT molecular complexity index is 612. The lowest BCUT2D eigenvalue weighted by Gasteiger charge is -2.44. The molecule has 2 heterocycles. The number of nitrogens with two attached hydrogens (primary N) is 1. The monoisotopic (exact) mass is 336 g/mol. The van der Waals surface area contributed by atoms with Crippen LogP contribution in [0.1, 0.15) is 13.3 Å². The number of carbonyl (C=O) groups is 2. The fraction of sp³-hybridized carbons (Fsp3) is 0.636. The number of carboxylic acids is 1. The first kappa shape index (κ1) is 16.3. The van der Waals surface area contributed by atoms with Gasteiger partial charge in [-0.05, 0) is 18.9 Å². The van der Waals surface area contributed by atoms with Crippen molar-refractivity contribution in [3.8, 4) is 0 Å². The number of β-lactam (4-membered cyclic amide) rings is 1. The lowest BCUT2D eigenvalue weighted by atomic mass is 9.83. The van der Waals surface area contributed by atoms with Gasteiger partial charge in [0.05, 0.1) is 23.8 Å². The minimum atomic E-state index is -3.54. The minimum Gasteiger partial charge on any atom is -0.477 e. The SMILES string of the molecule is CC(O)C1C(=O)N2C(C(=O)O)=C(CS(=O)(=O)CSN)CC12. The first-order valence-electron chi connectivity index (χ1n) is 6.18. The number of hydrogen-bond acceptors (Lipinski definition) is 7. The van der Waals surface area contributed by atoms with Crippen LogP contribution in [0, 0.1) is 5.92 Å². The fourth-order valence-corrected chi connectivity index (χ4v) is 4.85. The molecule has 0 aromatic rings. The van der Waals surface area contributed by atoms with Gasteiger partial charge >= 0.3 is 5.97 Å². The van der Waals surface area contributed by atoms with Gasteiger partial charge in [-0.1, -0.05) is 11.9 Å². The van der Waals surface area contributed by atoms with Crippen molar-refractivity contribution in [3.63, 3.8) is 0 Å². The average molecular weight is 336 g/mol. The minimum absolute atomic E-state index is 0.150. The standard InChI is InChI=1S/C11H16N2O6S2/c1-5(14)8-7-2-6(3-21(18,19)4-20-12)9(11(16)17)13(7)10(8)15/h5,7-8,14H,2-4,12H2,1H3,(H,16,17). The Morgan fingerprint density at radius 3 is 2.67 bits per heavy atom. The number of hydrogen-bond donors (Lipinski definition) is 3. The molecule has 10 heteroatoms. The summed E-state index contributed by atoms with van der Waals surface area (Å²) in [6.45, 7) is 1.46. The molecule has 3 atom stereocenters. The van der Waals surface area contributed by atoms with E-state index in [2.05, 4.69) is 0 Å². The zero-order valence-electron chi connectivity index (χ0n) is 11.2. The third-order valence-electron chi connectivity index (χ3n) is 3.66. The Labute approximate surface area is 126 Å². The molecular formula is C11H16N2O6S2. The summed E-state index contributed by atoms with van der Waals surface area (Å²) in [5.74, 6) is -2.93. The first-order chi connectivity index (χ1) is 9.69. The molecule has 0 aromatic carbocycles. The normalized spacial score (nSPS) is 26.6. The lowest BCUT2D eigenvalue weighted by molar-refractivity contribution is -0.161. The molecule has 21 heavy (non-hydrogen) atoms. The second-order valence-electron chi connectivity index (χ2n) is 5.18. The Balaban J connectivity index is 2.29. The number of aliphatic hydroxyl groups excluding tert-OH is 1. The van der Waals surface area contributed by atoms with E-state index < -0.39 is 45.5 Å². The molecule has 2 rings (SSSR count). The number of sulfone groups is 1. The topological polar surface area (TPSA) is 138 Å². The van der Waals surface area contributed by atoms with Gasteiger partial charge in [0.25, 0.3) is 0 Å². The first-order valence-corrected chi connectivity index (χ1v) is 9.05. The van der Waals surface area contributed by atoms with E-state index in [0.717, 1.165) is 4.90 Å². The molecule has 2 aliphatic rings. The van der Waals surface area contributed by atoms with Gasteiger partial charge in [0.2, 0.25) is 5.91 Å². The lowest BCUT2D eigenvalue weighted by Crippen LogP contribution is -2.61. The molecule has 0 aliphatic carbocycles. The van der Waals surface area contributed by atoms with Crippen molar-refractivity contribution in [2.45, 2.75) is 25.5 Å². The Kier molecular flexibility index (Phi) is 4.34. The van der Waals surface area contributed by atoms with Crippen LogP contribution in [-0.4, -0.2) is 58.4 Å². The molecule has 3 unspecified atom stereocenters. The van der Waals surface area contributed by atoms with Crippen LogP contribution < -0.4 is 5.14 Å². The number of amides is 1. The summed E-state index contributed by atoms with van der Waals surface area (Å²) >= 11 is 0.646. The smallest absolute Gasteiger partial charge is 0.352 e. The highest BCUT2D eigenvalue weighted by Crippen LogP contribution is 2.44. The van der Waals surface area contributed by atoms with E-state index in [1.807, 2.05) is 0 Å². The molecule has 1 amide bonds. The number of aliphatic carboxylic acids is 1. The summed E-state index contributed by atoms with van der Waals surface area (Å²) in [4.78, 5) is 24.3. The van der Waals surface area contributed by atoms with Crippen LogP contribution in [0.2, 0.25) is 0 Å². The van der Waals surface area contributed by atoms with Crippen LogP contribution in [-0.2, 0) is 19.4 Å². The van der Waals surface area contributed by atoms with Gasteiger partial charge in [-0.2, -0.15) is 0 Å². The van der Waals surface area contributed by atoms with Crippen molar-refractivity contribution >= 4 is 33.7 Å². The van der Waals surface area contributed by atoms with Gasteiger partial charge in [0.1, 0.15) is 10.8 Å². The number of carboxylic acid groups (broad SMARTS) is 1. The summed E-state index contributed by atoms with van der Waals surface area (Å²) in [6.07, 6.45) is -0.749. The molecule has 1 fully saturated rings. The van der Waals surface area contributed by atoms with Crippen molar-refractivity contribution in [2.75, 3.05) is 10.8 Å². The summed E-state index contributed by atoms with van der Waals surface area (Å²) in [5.41, 5.74) is -0.0782. The molecule has 1 saturated heterocycles. The number of rotatable bonds is 6. The van der Waals surface area contributed by atoms with E-state index in [4.69, 9.17) is 5.14 Å². The van der Waals surface area contributed by atoms with Crippen molar-refractivity contribution in [1.29, 1.82) is 0 Å². The second kappa shape index (κ2) is 5.59. The van der Waals surface area contributed by atoms with Crippen LogP contribution in [0.25, 0.3) is 0 Å². The van der Waals surface area contributed by atoms with E-state index >= 15 is 0 Å². The van der Waals surface area contributed by atoms with Gasteiger partial charge in [-0.3, -0.25) is 9.93 Å². The Morgan fingerprint density at radius 1 is 1.57 bits per heavy atom. The summed E-state index contributed by atoms with van der Waals surface area (Å²) in [6, 6.07) is -0.473. The molecule has 0 aromatic heterocycles. The summed E-state index contributed by atoms with van der Waals surface area (Å²) < 4.78 is 23.6. The van der Waals surface area contributed by atoms with Gasteiger partial charge < -0.3 is 15.1 Å². The highest BCUT2D eigenvalue weighted by Gasteiger charge is 2.56. The molecule has 0 bridgehead atoms. The molecule has 0 saturated carbocycles. The molecule has 0 radical (unpaired) electrons. The maximum atomic E-state index is 11.9. The zero-order chi connectivity index (χ0) is 15.9. The van der Waals surface area contributed by atoms with E-state index in [0.29, 0.717) is 11.9 Å². The third kappa shape index (κ3) is 2.80. The molecular weight excluding hydrogens is 320 g/mol. The number of fused-ring (bicyclic) bond motifs is 1. The quantitative estimate of drug-likeness (QED) is 0.411. The van der Waals surface area contributed by atoms with Crippen molar-refractivity contribution in [2.24, 2.45) is 11.1 Å². The molecule has 0 spiro atoms. The predicted molar refractivity (Wildman–Crippen MR) is 75.5 cm³/mol. The van der Waals surface area contributed by atoms with Gasteiger partial charge in [-0.15, -0.1) is 0 Å². The Morgan fingerprint density at radius 2 is 2.19 bits per heavy atom. The van der Waals surface area contributed by atoms with E-state index in [9.17, 15) is 28.2 Å². The Hall–Kier alpha value is -1.10. The number of aliphatic hydroxyl groups is 1. The van der Waals surface area contributed by atoms with E-state index in [-0.39, 0.29) is 22.8 Å². The molecule has 2 aliphatic heterocycles. The van der Waals surface area contributed by atoms with Gasteiger partial charge in [-0.25, -0.2) is 13.2 Å². The van der Waals surface area contributed by atoms with Crippen LogP contribution in [0.4, 0.5) is 0 Å². The van der Waals surface area contributed by atoms with E-state index in [1.54, 1.807) is 0 Å². The number of nitrogens with zero attached hydrogens (tertiary/aromatic N) is 1. The molecule has 4 N–H and O–H groups in total. The zero-order valence-corrected chi connectivity index (χ0v) is 12.9. The van der Waals surface area contributed by atoms with Crippen LogP contribution in [0.5, 0.6) is 0 Å². The van der Waals surface area contributed by atoms with Crippen molar-refractivity contribution in [3.05, 3.63) is 11.3 Å². The van der Waals surface area contributed by atoms with Gasteiger partial charge in [0.15, 0.2) is 9.84 Å². The van der Waals surface area contributed by atoms with E-state index in [1.165, 1.54) is 6.92 Å². The van der Waals surface area contributed by atoms with Crippen LogP contribution >= 0.6 is 11.9 Å². The number of carbonyl (C=O) groups excluding carboxylic acids is 1. The summed E-state index contributed by atoms with van der Waals surface area (Å²) in [5, 5.41) is 23.6. The third-order valence-corrected chi connectivity index (χ3v) is 6.43. The highest BCUT2D eigenvalue weighted by molar-refractivity contribution is 8.11. The van der Waals surface area contributed by atoms with Gasteiger partial charge in [0, 0.05) is 0 Å². The van der Waals surface area contributed by atoms with Crippen LogP contribution in [0.3, 0.4) is 0 Å². The largest absolute Gasteiger partial charge is 0.477 e. The predicted octanol–water partition coefficient (Wildman–Crippen LogP) is -1.08. The second-order valence-corrected chi connectivity index (χ2v) is 8.23. The fourth-order valence-electron chi connectivity index (χ4n) is 2.90. The molecule has 8 nitrogen and oxygen atoms in total.